The molecule has 0 bridgehead atoms. The molecular formula is C15H15BrClN3. The average Bonchev–Trinajstić information content (AvgIpc) is 2.46. The lowest BCUT2D eigenvalue weighted by atomic mass is 10.1. The number of benzene rings is 2. The van der Waals surface area contributed by atoms with E-state index in [0.717, 1.165) is 27.1 Å². The molecule has 0 unspecified atom stereocenters. The van der Waals surface area contributed by atoms with Crippen LogP contribution in [-0.2, 0) is 0 Å². The Balaban J connectivity index is 2.22. The zero-order valence-corrected chi connectivity index (χ0v) is 13.6. The van der Waals surface area contributed by atoms with E-state index < -0.39 is 0 Å². The molecule has 2 aromatic rings. The number of hydrogen-bond acceptors (Lipinski definition) is 3. The summed E-state index contributed by atoms with van der Waals surface area (Å²) in [4.78, 5) is 0. The molecule has 104 valence electrons. The normalized spacial score (nSPS) is 11.3. The standard InChI is InChI=1S/C15H15BrClN3/c1-10(14-9-12(17)5-8-15(14)18-2)19-20-13-6-3-11(16)4-7-13/h3-9,18,20H,1-2H3/b19-10-. The molecule has 2 aromatic carbocycles. The van der Waals surface area contributed by atoms with Gasteiger partial charge in [-0.1, -0.05) is 27.5 Å². The fraction of sp³-hybridized carbons (Fsp3) is 0.133. The Morgan fingerprint density at radius 2 is 1.85 bits per heavy atom. The van der Waals surface area contributed by atoms with E-state index in [9.17, 15) is 0 Å². The van der Waals surface area contributed by atoms with Gasteiger partial charge < -0.3 is 5.32 Å². The number of hydrazone groups is 1. The molecule has 3 nitrogen and oxygen atoms in total. The zero-order valence-electron chi connectivity index (χ0n) is 11.2. The van der Waals surface area contributed by atoms with E-state index in [1.54, 1.807) is 0 Å². The van der Waals surface area contributed by atoms with Crippen LogP contribution in [0.3, 0.4) is 0 Å². The molecule has 0 spiro atoms. The number of anilines is 2. The highest BCUT2D eigenvalue weighted by Gasteiger charge is 2.05. The van der Waals surface area contributed by atoms with Crippen molar-refractivity contribution in [3.05, 3.63) is 57.5 Å². The van der Waals surface area contributed by atoms with Crippen molar-refractivity contribution in [1.82, 2.24) is 0 Å². The van der Waals surface area contributed by atoms with Crippen molar-refractivity contribution in [3.8, 4) is 0 Å². The van der Waals surface area contributed by atoms with Crippen molar-refractivity contribution in [1.29, 1.82) is 0 Å². The summed E-state index contributed by atoms with van der Waals surface area (Å²) in [6, 6.07) is 13.5. The van der Waals surface area contributed by atoms with Crippen molar-refractivity contribution in [2.45, 2.75) is 6.92 Å². The fourth-order valence-electron chi connectivity index (χ4n) is 1.77. The van der Waals surface area contributed by atoms with E-state index >= 15 is 0 Å². The van der Waals surface area contributed by atoms with Gasteiger partial charge in [0.15, 0.2) is 0 Å². The van der Waals surface area contributed by atoms with Gasteiger partial charge in [-0.2, -0.15) is 5.10 Å². The summed E-state index contributed by atoms with van der Waals surface area (Å²) in [7, 11) is 1.88. The third kappa shape index (κ3) is 3.74. The van der Waals surface area contributed by atoms with E-state index in [1.807, 2.05) is 56.4 Å². The van der Waals surface area contributed by atoms with E-state index in [1.165, 1.54) is 0 Å². The van der Waals surface area contributed by atoms with Crippen LogP contribution in [0.1, 0.15) is 12.5 Å². The molecule has 0 amide bonds. The van der Waals surface area contributed by atoms with Gasteiger partial charge in [-0.15, -0.1) is 0 Å². The molecule has 0 saturated carbocycles. The molecule has 0 aliphatic rings. The van der Waals surface area contributed by atoms with Gasteiger partial charge in [0.05, 0.1) is 11.4 Å². The van der Waals surface area contributed by atoms with Gasteiger partial charge in [0.25, 0.3) is 0 Å². The first-order valence-electron chi connectivity index (χ1n) is 6.13. The minimum Gasteiger partial charge on any atom is -0.388 e. The number of halogens is 2. The monoisotopic (exact) mass is 351 g/mol. The minimum atomic E-state index is 0.692. The lowest BCUT2D eigenvalue weighted by Gasteiger charge is -2.10. The summed E-state index contributed by atoms with van der Waals surface area (Å²) in [5.41, 5.74) is 6.80. The molecule has 20 heavy (non-hydrogen) atoms. The second kappa shape index (κ2) is 6.77. The third-order valence-corrected chi connectivity index (χ3v) is 3.60. The molecule has 0 aliphatic heterocycles. The Morgan fingerprint density at radius 3 is 2.50 bits per heavy atom. The second-order valence-corrected chi connectivity index (χ2v) is 5.61. The number of hydrogen-bond donors (Lipinski definition) is 2. The first-order valence-corrected chi connectivity index (χ1v) is 7.31. The molecule has 2 rings (SSSR count). The van der Waals surface area contributed by atoms with Crippen LogP contribution < -0.4 is 10.7 Å². The average molecular weight is 353 g/mol. The topological polar surface area (TPSA) is 36.4 Å². The maximum absolute atomic E-state index is 6.04. The largest absolute Gasteiger partial charge is 0.388 e. The number of nitrogens with zero attached hydrogens (tertiary/aromatic N) is 1. The van der Waals surface area contributed by atoms with Crippen LogP contribution in [0.25, 0.3) is 0 Å². The maximum atomic E-state index is 6.04. The highest BCUT2D eigenvalue weighted by molar-refractivity contribution is 9.10. The van der Waals surface area contributed by atoms with Crippen LogP contribution in [0.2, 0.25) is 5.02 Å². The van der Waals surface area contributed by atoms with Gasteiger partial charge in [0.2, 0.25) is 0 Å². The van der Waals surface area contributed by atoms with Crippen molar-refractivity contribution in [2.75, 3.05) is 17.8 Å². The summed E-state index contributed by atoms with van der Waals surface area (Å²) < 4.78 is 1.04. The smallest absolute Gasteiger partial charge is 0.0669 e. The fourth-order valence-corrected chi connectivity index (χ4v) is 2.20. The summed E-state index contributed by atoms with van der Waals surface area (Å²) in [5.74, 6) is 0. The summed E-state index contributed by atoms with van der Waals surface area (Å²) >= 11 is 9.45. The van der Waals surface area contributed by atoms with Gasteiger partial charge >= 0.3 is 0 Å². The first kappa shape index (κ1) is 14.9. The van der Waals surface area contributed by atoms with E-state index in [4.69, 9.17) is 11.6 Å². The molecular weight excluding hydrogens is 338 g/mol. The van der Waals surface area contributed by atoms with E-state index in [-0.39, 0.29) is 0 Å². The third-order valence-electron chi connectivity index (χ3n) is 2.84. The summed E-state index contributed by atoms with van der Waals surface area (Å²) in [6.07, 6.45) is 0. The molecule has 0 aromatic heterocycles. The first-order chi connectivity index (χ1) is 9.60. The van der Waals surface area contributed by atoms with Crippen molar-refractivity contribution >= 4 is 44.6 Å². The Morgan fingerprint density at radius 1 is 1.15 bits per heavy atom. The van der Waals surface area contributed by atoms with Gasteiger partial charge in [0, 0.05) is 27.8 Å². The highest BCUT2D eigenvalue weighted by atomic mass is 79.9. The van der Waals surface area contributed by atoms with Gasteiger partial charge in [-0.25, -0.2) is 0 Å². The molecule has 0 radical (unpaired) electrons. The van der Waals surface area contributed by atoms with Crippen molar-refractivity contribution in [3.63, 3.8) is 0 Å². The van der Waals surface area contributed by atoms with Gasteiger partial charge in [-0.3, -0.25) is 5.43 Å². The van der Waals surface area contributed by atoms with Crippen molar-refractivity contribution < 1.29 is 0 Å². The predicted octanol–water partition coefficient (Wildman–Crippen LogP) is 4.98. The Kier molecular flexibility index (Phi) is 5.04. The van der Waals surface area contributed by atoms with Crippen LogP contribution in [0.15, 0.2) is 52.0 Å². The Bertz CT molecular complexity index is 624. The lowest BCUT2D eigenvalue weighted by Crippen LogP contribution is -2.04. The predicted molar refractivity (Wildman–Crippen MR) is 91.0 cm³/mol. The van der Waals surface area contributed by atoms with Crippen LogP contribution in [-0.4, -0.2) is 12.8 Å². The van der Waals surface area contributed by atoms with Crippen LogP contribution >= 0.6 is 27.5 Å². The van der Waals surface area contributed by atoms with Crippen LogP contribution in [0.5, 0.6) is 0 Å². The SMILES string of the molecule is CNc1ccc(Cl)cc1/C(C)=N\Nc1ccc(Br)cc1. The number of rotatable bonds is 4. The van der Waals surface area contributed by atoms with Crippen molar-refractivity contribution in [2.24, 2.45) is 5.10 Å². The quantitative estimate of drug-likeness (QED) is 0.601. The highest BCUT2D eigenvalue weighted by Crippen LogP contribution is 2.21. The Labute approximate surface area is 132 Å². The zero-order chi connectivity index (χ0) is 14.5. The summed E-state index contributed by atoms with van der Waals surface area (Å²) in [5, 5.41) is 8.22. The molecule has 0 atom stereocenters. The van der Waals surface area contributed by atoms with Gasteiger partial charge in [0.1, 0.15) is 0 Å². The molecule has 0 saturated heterocycles. The van der Waals surface area contributed by atoms with E-state index in [0.29, 0.717) is 5.02 Å². The molecule has 2 N–H and O–H groups in total. The van der Waals surface area contributed by atoms with Crippen LogP contribution in [0, 0.1) is 0 Å². The Hall–Kier alpha value is -1.52. The number of nitrogens with one attached hydrogen (secondary N) is 2. The van der Waals surface area contributed by atoms with Gasteiger partial charge in [-0.05, 0) is 49.4 Å². The lowest BCUT2D eigenvalue weighted by molar-refractivity contribution is 1.32. The molecule has 0 fully saturated rings. The molecule has 0 heterocycles. The van der Waals surface area contributed by atoms with Crippen LogP contribution in [0.4, 0.5) is 11.4 Å². The maximum Gasteiger partial charge on any atom is 0.0669 e. The second-order valence-electron chi connectivity index (χ2n) is 4.26. The van der Waals surface area contributed by atoms with E-state index in [2.05, 4.69) is 31.8 Å². The molecule has 0 aliphatic carbocycles. The molecule has 5 heteroatoms. The minimum absolute atomic E-state index is 0.692. The summed E-state index contributed by atoms with van der Waals surface area (Å²) in [6.45, 7) is 1.94.